The van der Waals surface area contributed by atoms with Gasteiger partial charge in [-0.15, -0.1) is 0 Å². The van der Waals surface area contributed by atoms with Crippen LogP contribution in [0.2, 0.25) is 0 Å². The fraction of sp³-hybridized carbons (Fsp3) is 0.846. The van der Waals surface area contributed by atoms with Crippen LogP contribution in [0.1, 0.15) is 33.1 Å². The first-order chi connectivity index (χ1) is 9.11. The lowest BCUT2D eigenvalue weighted by molar-refractivity contribution is -0.143. The Morgan fingerprint density at radius 1 is 1.21 bits per heavy atom. The van der Waals surface area contributed by atoms with Crippen LogP contribution in [-0.4, -0.2) is 51.3 Å². The molecular formula is C13H26N2O4. The minimum atomic E-state index is -0.259. The van der Waals surface area contributed by atoms with Crippen molar-refractivity contribution in [3.8, 4) is 0 Å². The fourth-order valence-electron chi connectivity index (χ4n) is 1.46. The summed E-state index contributed by atoms with van der Waals surface area (Å²) >= 11 is 0. The molecular weight excluding hydrogens is 248 g/mol. The molecule has 0 aromatic carbocycles. The molecule has 1 amide bonds. The third kappa shape index (κ3) is 10.5. The second-order valence-corrected chi connectivity index (χ2v) is 4.22. The zero-order valence-electron chi connectivity index (χ0n) is 12.2. The van der Waals surface area contributed by atoms with Crippen LogP contribution >= 0.6 is 0 Å². The topological polar surface area (TPSA) is 76.7 Å². The Morgan fingerprint density at radius 2 is 1.95 bits per heavy atom. The van der Waals surface area contributed by atoms with Crippen LogP contribution in [0.5, 0.6) is 0 Å². The maximum Gasteiger partial charge on any atom is 0.305 e. The summed E-state index contributed by atoms with van der Waals surface area (Å²) in [5, 5.41) is 5.88. The Morgan fingerprint density at radius 3 is 2.58 bits per heavy atom. The number of esters is 1. The predicted octanol–water partition coefficient (Wildman–Crippen LogP) is 0.461. The summed E-state index contributed by atoms with van der Waals surface area (Å²) in [6.07, 6.45) is 1.85. The normalized spacial score (nSPS) is 11.9. The van der Waals surface area contributed by atoms with Crippen molar-refractivity contribution in [2.75, 3.05) is 33.4 Å². The van der Waals surface area contributed by atoms with E-state index in [9.17, 15) is 9.59 Å². The van der Waals surface area contributed by atoms with Gasteiger partial charge in [-0.3, -0.25) is 9.59 Å². The van der Waals surface area contributed by atoms with E-state index in [1.54, 1.807) is 21.0 Å². The largest absolute Gasteiger partial charge is 0.466 e. The molecule has 1 atom stereocenters. The van der Waals surface area contributed by atoms with Crippen molar-refractivity contribution in [3.05, 3.63) is 0 Å². The first kappa shape index (κ1) is 17.9. The second-order valence-electron chi connectivity index (χ2n) is 4.22. The van der Waals surface area contributed by atoms with Crippen molar-refractivity contribution in [1.29, 1.82) is 0 Å². The molecule has 0 spiro atoms. The van der Waals surface area contributed by atoms with Crippen molar-refractivity contribution in [1.82, 2.24) is 10.6 Å². The number of carbonyl (C=O) groups excluding carboxylic acids is 2. The third-order valence-corrected chi connectivity index (χ3v) is 2.53. The molecule has 0 saturated carbocycles. The maximum atomic E-state index is 11.6. The van der Waals surface area contributed by atoms with Gasteiger partial charge in [0.05, 0.1) is 12.6 Å². The molecule has 6 heteroatoms. The monoisotopic (exact) mass is 274 g/mol. The van der Waals surface area contributed by atoms with Crippen molar-refractivity contribution >= 4 is 11.9 Å². The number of nitrogens with one attached hydrogen (secondary N) is 2. The lowest BCUT2D eigenvalue weighted by Gasteiger charge is -2.13. The van der Waals surface area contributed by atoms with E-state index in [-0.39, 0.29) is 17.9 Å². The molecule has 0 rings (SSSR count). The number of amides is 1. The lowest BCUT2D eigenvalue weighted by Crippen LogP contribution is -2.43. The summed E-state index contributed by atoms with van der Waals surface area (Å²) in [7, 11) is 1.63. The summed E-state index contributed by atoms with van der Waals surface area (Å²) < 4.78 is 9.71. The molecule has 0 aliphatic carbocycles. The maximum absolute atomic E-state index is 11.6. The van der Waals surface area contributed by atoms with Gasteiger partial charge in [0.15, 0.2) is 0 Å². The Balaban J connectivity index is 3.53. The van der Waals surface area contributed by atoms with Gasteiger partial charge in [0.25, 0.3) is 0 Å². The summed E-state index contributed by atoms with van der Waals surface area (Å²) in [4.78, 5) is 22.7. The van der Waals surface area contributed by atoms with Crippen LogP contribution in [0.4, 0.5) is 0 Å². The van der Waals surface area contributed by atoms with Crippen LogP contribution in [-0.2, 0) is 19.1 Å². The lowest BCUT2D eigenvalue weighted by atomic mass is 10.2. The van der Waals surface area contributed by atoms with Crippen LogP contribution in [0.25, 0.3) is 0 Å². The van der Waals surface area contributed by atoms with Gasteiger partial charge in [-0.05, 0) is 33.2 Å². The quantitative estimate of drug-likeness (QED) is 0.423. The van der Waals surface area contributed by atoms with E-state index in [0.717, 1.165) is 6.42 Å². The van der Waals surface area contributed by atoms with Crippen molar-refractivity contribution in [2.45, 2.75) is 39.2 Å². The highest BCUT2D eigenvalue weighted by Crippen LogP contribution is 1.92. The summed E-state index contributed by atoms with van der Waals surface area (Å²) in [5.41, 5.74) is 0. The highest BCUT2D eigenvalue weighted by Gasteiger charge is 2.11. The van der Waals surface area contributed by atoms with Gasteiger partial charge in [0, 0.05) is 26.7 Å². The van der Waals surface area contributed by atoms with Crippen molar-refractivity contribution in [2.24, 2.45) is 0 Å². The minimum absolute atomic E-state index is 0.0350. The molecule has 0 heterocycles. The minimum Gasteiger partial charge on any atom is -0.466 e. The van der Waals surface area contributed by atoms with Crippen LogP contribution in [0, 0.1) is 0 Å². The highest BCUT2D eigenvalue weighted by molar-refractivity contribution is 5.81. The zero-order valence-corrected chi connectivity index (χ0v) is 12.2. The number of carbonyl (C=O) groups is 2. The number of ether oxygens (including phenoxy) is 2. The van der Waals surface area contributed by atoms with Gasteiger partial charge in [0.1, 0.15) is 0 Å². The standard InChI is InChI=1S/C13H26N2O4/c1-4-19-12(16)7-5-8-14-11(2)13(17)15-9-6-10-18-3/h11,14H,4-10H2,1-3H3,(H,15,17). The number of hydrogen-bond donors (Lipinski definition) is 2. The molecule has 0 radical (unpaired) electrons. The number of rotatable bonds is 11. The van der Waals surface area contributed by atoms with Crippen molar-refractivity contribution < 1.29 is 19.1 Å². The molecule has 0 aromatic rings. The molecule has 0 fully saturated rings. The Labute approximate surface area is 115 Å². The van der Waals surface area contributed by atoms with E-state index >= 15 is 0 Å². The van der Waals surface area contributed by atoms with Crippen molar-refractivity contribution in [3.63, 3.8) is 0 Å². The van der Waals surface area contributed by atoms with Crippen LogP contribution < -0.4 is 10.6 Å². The van der Waals surface area contributed by atoms with Gasteiger partial charge < -0.3 is 20.1 Å². The van der Waals surface area contributed by atoms with Gasteiger partial charge in [-0.1, -0.05) is 0 Å². The second kappa shape index (κ2) is 11.9. The molecule has 0 aliphatic rings. The van der Waals surface area contributed by atoms with Gasteiger partial charge in [-0.2, -0.15) is 0 Å². The molecule has 0 saturated heterocycles. The Kier molecular flexibility index (Phi) is 11.2. The van der Waals surface area contributed by atoms with Gasteiger partial charge in [-0.25, -0.2) is 0 Å². The fourth-order valence-corrected chi connectivity index (χ4v) is 1.46. The molecule has 1 unspecified atom stereocenters. The summed E-state index contributed by atoms with van der Waals surface area (Å²) in [5.74, 6) is -0.229. The van der Waals surface area contributed by atoms with Gasteiger partial charge in [0.2, 0.25) is 5.91 Å². The third-order valence-electron chi connectivity index (χ3n) is 2.53. The molecule has 0 aromatic heterocycles. The number of hydrogen-bond acceptors (Lipinski definition) is 5. The molecule has 0 aliphatic heterocycles. The molecule has 19 heavy (non-hydrogen) atoms. The van der Waals surface area contributed by atoms with E-state index in [2.05, 4.69) is 10.6 Å². The summed E-state index contributed by atoms with van der Waals surface area (Å²) in [6.45, 7) is 5.86. The highest BCUT2D eigenvalue weighted by atomic mass is 16.5. The van der Waals surface area contributed by atoms with E-state index in [1.165, 1.54) is 0 Å². The molecule has 112 valence electrons. The zero-order chi connectivity index (χ0) is 14.5. The average molecular weight is 274 g/mol. The number of methoxy groups -OCH3 is 1. The van der Waals surface area contributed by atoms with E-state index in [1.807, 2.05) is 0 Å². The van der Waals surface area contributed by atoms with Crippen LogP contribution in [0.3, 0.4) is 0 Å². The SMILES string of the molecule is CCOC(=O)CCCNC(C)C(=O)NCCCOC. The van der Waals surface area contributed by atoms with E-state index < -0.39 is 0 Å². The molecule has 0 bridgehead atoms. The Bertz CT molecular complexity index is 259. The predicted molar refractivity (Wildman–Crippen MR) is 72.8 cm³/mol. The van der Waals surface area contributed by atoms with Gasteiger partial charge >= 0.3 is 5.97 Å². The first-order valence-electron chi connectivity index (χ1n) is 6.77. The molecule has 6 nitrogen and oxygen atoms in total. The Hall–Kier alpha value is -1.14. The summed E-state index contributed by atoms with van der Waals surface area (Å²) in [6, 6.07) is -0.259. The molecule has 2 N–H and O–H groups in total. The van der Waals surface area contributed by atoms with E-state index in [0.29, 0.717) is 39.1 Å². The first-order valence-corrected chi connectivity index (χ1v) is 6.77. The smallest absolute Gasteiger partial charge is 0.305 e. The van der Waals surface area contributed by atoms with Crippen LogP contribution in [0.15, 0.2) is 0 Å². The average Bonchev–Trinajstić information content (AvgIpc) is 2.39. The van der Waals surface area contributed by atoms with E-state index in [4.69, 9.17) is 9.47 Å².